The summed E-state index contributed by atoms with van der Waals surface area (Å²) in [7, 11) is 0. The first-order valence-electron chi connectivity index (χ1n) is 11.4. The standard InChI is InChI=1S/C23H35N5O3/c1-4-24-23(26-18-10-14-27(15-11-18)22(30)17(2)3)25-12-7-13-28-19-8-5-6-9-20(19)31-16-21(28)29/h5-6,8-9,17-18H,4,7,10-16H2,1-3H3,(H2,24,25,26). The number of fused-ring (bicyclic) bond motifs is 1. The van der Waals surface area contributed by atoms with Crippen molar-refractivity contribution in [3.63, 3.8) is 0 Å². The zero-order valence-corrected chi connectivity index (χ0v) is 18.9. The van der Waals surface area contributed by atoms with Gasteiger partial charge in [0.25, 0.3) is 5.91 Å². The van der Waals surface area contributed by atoms with Gasteiger partial charge in [0.15, 0.2) is 12.6 Å². The summed E-state index contributed by atoms with van der Waals surface area (Å²) in [5.74, 6) is 1.81. The van der Waals surface area contributed by atoms with E-state index in [9.17, 15) is 9.59 Å². The summed E-state index contributed by atoms with van der Waals surface area (Å²) in [5.41, 5.74) is 0.829. The number of nitrogens with one attached hydrogen (secondary N) is 2. The molecule has 31 heavy (non-hydrogen) atoms. The molecular weight excluding hydrogens is 394 g/mol. The van der Waals surface area contributed by atoms with E-state index in [0.717, 1.165) is 56.3 Å². The highest BCUT2D eigenvalue weighted by molar-refractivity contribution is 5.97. The maximum absolute atomic E-state index is 12.3. The van der Waals surface area contributed by atoms with Crippen molar-refractivity contribution in [2.24, 2.45) is 10.9 Å². The van der Waals surface area contributed by atoms with E-state index < -0.39 is 0 Å². The molecule has 170 valence electrons. The number of nitrogens with zero attached hydrogens (tertiary/aromatic N) is 3. The zero-order valence-electron chi connectivity index (χ0n) is 18.9. The van der Waals surface area contributed by atoms with Gasteiger partial charge in [-0.25, -0.2) is 0 Å². The van der Waals surface area contributed by atoms with Crippen molar-refractivity contribution in [1.82, 2.24) is 15.5 Å². The second-order valence-electron chi connectivity index (χ2n) is 8.31. The number of anilines is 1. The van der Waals surface area contributed by atoms with Crippen LogP contribution in [-0.2, 0) is 9.59 Å². The normalized spacial score (nSPS) is 17.4. The molecule has 3 rings (SSSR count). The summed E-state index contributed by atoms with van der Waals surface area (Å²) in [6.07, 6.45) is 2.60. The molecule has 1 aromatic carbocycles. The van der Waals surface area contributed by atoms with Gasteiger partial charge in [-0.1, -0.05) is 26.0 Å². The van der Waals surface area contributed by atoms with Crippen molar-refractivity contribution in [2.75, 3.05) is 44.2 Å². The molecule has 0 aliphatic carbocycles. The minimum atomic E-state index is -0.0181. The number of rotatable bonds is 7. The highest BCUT2D eigenvalue weighted by atomic mass is 16.5. The van der Waals surface area contributed by atoms with Crippen molar-refractivity contribution in [1.29, 1.82) is 0 Å². The zero-order chi connectivity index (χ0) is 22.2. The molecule has 2 amide bonds. The Labute approximate surface area is 185 Å². The van der Waals surface area contributed by atoms with Crippen LogP contribution in [0.15, 0.2) is 29.3 Å². The van der Waals surface area contributed by atoms with Crippen LogP contribution in [0.3, 0.4) is 0 Å². The molecule has 2 heterocycles. The average Bonchev–Trinajstić information content (AvgIpc) is 2.78. The Bertz CT molecular complexity index is 787. The van der Waals surface area contributed by atoms with Gasteiger partial charge in [0.05, 0.1) is 5.69 Å². The lowest BCUT2D eigenvalue weighted by atomic mass is 10.0. The highest BCUT2D eigenvalue weighted by Gasteiger charge is 2.25. The van der Waals surface area contributed by atoms with E-state index in [0.29, 0.717) is 19.1 Å². The molecule has 2 aliphatic rings. The van der Waals surface area contributed by atoms with E-state index in [1.165, 1.54) is 0 Å². The van der Waals surface area contributed by atoms with Crippen LogP contribution in [0.25, 0.3) is 0 Å². The van der Waals surface area contributed by atoms with Crippen molar-refractivity contribution in [2.45, 2.75) is 46.1 Å². The van der Waals surface area contributed by atoms with Gasteiger partial charge < -0.3 is 25.2 Å². The number of aliphatic imine (C=N–C) groups is 1. The van der Waals surface area contributed by atoms with Crippen LogP contribution >= 0.6 is 0 Å². The van der Waals surface area contributed by atoms with Crippen molar-refractivity contribution < 1.29 is 14.3 Å². The summed E-state index contributed by atoms with van der Waals surface area (Å²) >= 11 is 0. The maximum Gasteiger partial charge on any atom is 0.265 e. The largest absolute Gasteiger partial charge is 0.482 e. The number of para-hydroxylation sites is 2. The third kappa shape index (κ3) is 6.12. The first kappa shape index (κ1) is 22.9. The van der Waals surface area contributed by atoms with E-state index in [4.69, 9.17) is 9.73 Å². The van der Waals surface area contributed by atoms with Crippen LogP contribution in [0.1, 0.15) is 40.0 Å². The Morgan fingerprint density at radius 3 is 2.71 bits per heavy atom. The molecule has 0 bridgehead atoms. The van der Waals surface area contributed by atoms with Crippen LogP contribution < -0.4 is 20.3 Å². The van der Waals surface area contributed by atoms with Gasteiger partial charge in [0, 0.05) is 44.7 Å². The molecule has 1 aromatic rings. The number of ether oxygens (including phenoxy) is 1. The molecule has 2 aliphatic heterocycles. The lowest BCUT2D eigenvalue weighted by Gasteiger charge is -2.34. The Morgan fingerprint density at radius 2 is 2.00 bits per heavy atom. The first-order chi connectivity index (χ1) is 15.0. The predicted molar refractivity (Wildman–Crippen MR) is 122 cm³/mol. The molecule has 0 atom stereocenters. The summed E-state index contributed by atoms with van der Waals surface area (Å²) < 4.78 is 5.50. The SMILES string of the molecule is CCNC(=NCCCN1C(=O)COc2ccccc21)NC1CCN(C(=O)C(C)C)CC1. The molecule has 0 saturated carbocycles. The number of amides is 2. The quantitative estimate of drug-likeness (QED) is 0.393. The van der Waals surface area contributed by atoms with Crippen molar-refractivity contribution >= 4 is 23.5 Å². The van der Waals surface area contributed by atoms with Crippen LogP contribution in [-0.4, -0.2) is 68.0 Å². The Hall–Kier alpha value is -2.77. The molecule has 1 fully saturated rings. The molecule has 0 unspecified atom stereocenters. The number of guanidine groups is 1. The molecular formula is C23H35N5O3. The summed E-state index contributed by atoms with van der Waals surface area (Å²) in [6.45, 7) is 9.61. The number of carbonyl (C=O) groups is 2. The van der Waals surface area contributed by atoms with E-state index in [1.54, 1.807) is 4.90 Å². The van der Waals surface area contributed by atoms with E-state index >= 15 is 0 Å². The minimum absolute atomic E-state index is 0.0181. The third-order valence-corrected chi connectivity index (χ3v) is 5.60. The van der Waals surface area contributed by atoms with Gasteiger partial charge in [-0.2, -0.15) is 0 Å². The van der Waals surface area contributed by atoms with Gasteiger partial charge in [-0.15, -0.1) is 0 Å². The maximum atomic E-state index is 12.3. The summed E-state index contributed by atoms with van der Waals surface area (Å²) in [4.78, 5) is 32.9. The fourth-order valence-electron chi connectivity index (χ4n) is 3.94. The molecule has 8 nitrogen and oxygen atoms in total. The highest BCUT2D eigenvalue weighted by Crippen LogP contribution is 2.31. The van der Waals surface area contributed by atoms with Crippen molar-refractivity contribution in [3.8, 4) is 5.75 Å². The summed E-state index contributed by atoms with van der Waals surface area (Å²) in [5, 5.41) is 6.81. The van der Waals surface area contributed by atoms with Gasteiger partial charge in [0.2, 0.25) is 5.91 Å². The third-order valence-electron chi connectivity index (χ3n) is 5.60. The minimum Gasteiger partial charge on any atom is -0.482 e. The number of likely N-dealkylation sites (tertiary alicyclic amines) is 1. The van der Waals surface area contributed by atoms with Crippen LogP contribution in [0, 0.1) is 5.92 Å². The Kier molecular flexibility index (Phi) is 8.14. The van der Waals surface area contributed by atoms with E-state index in [-0.39, 0.29) is 24.3 Å². The molecule has 8 heteroatoms. The number of hydrogen-bond donors (Lipinski definition) is 2. The molecule has 2 N–H and O–H groups in total. The number of benzene rings is 1. The fourth-order valence-corrected chi connectivity index (χ4v) is 3.94. The fraction of sp³-hybridized carbons (Fsp3) is 0.609. The lowest BCUT2D eigenvalue weighted by molar-refractivity contribution is -0.135. The Balaban J connectivity index is 1.48. The average molecular weight is 430 g/mol. The number of piperidine rings is 1. The van der Waals surface area contributed by atoms with Crippen molar-refractivity contribution in [3.05, 3.63) is 24.3 Å². The Morgan fingerprint density at radius 1 is 1.26 bits per heavy atom. The van der Waals surface area contributed by atoms with Gasteiger partial charge in [0.1, 0.15) is 5.75 Å². The van der Waals surface area contributed by atoms with E-state index in [2.05, 4.69) is 10.6 Å². The second-order valence-corrected chi connectivity index (χ2v) is 8.31. The predicted octanol–water partition coefficient (Wildman–Crippen LogP) is 2.00. The topological polar surface area (TPSA) is 86.3 Å². The molecule has 1 saturated heterocycles. The van der Waals surface area contributed by atoms with E-state index in [1.807, 2.05) is 49.9 Å². The first-order valence-corrected chi connectivity index (χ1v) is 11.4. The summed E-state index contributed by atoms with van der Waals surface area (Å²) in [6, 6.07) is 7.94. The number of carbonyl (C=O) groups excluding carboxylic acids is 2. The second kappa shape index (κ2) is 11.0. The monoisotopic (exact) mass is 429 g/mol. The van der Waals surface area contributed by atoms with Gasteiger partial charge in [-0.3, -0.25) is 14.6 Å². The molecule has 0 radical (unpaired) electrons. The van der Waals surface area contributed by atoms with Gasteiger partial charge >= 0.3 is 0 Å². The molecule has 0 spiro atoms. The smallest absolute Gasteiger partial charge is 0.265 e. The number of hydrogen-bond acceptors (Lipinski definition) is 4. The van der Waals surface area contributed by atoms with Crippen LogP contribution in [0.5, 0.6) is 5.75 Å². The lowest BCUT2D eigenvalue weighted by Crippen LogP contribution is -2.50. The van der Waals surface area contributed by atoms with Crippen LogP contribution in [0.4, 0.5) is 5.69 Å². The van der Waals surface area contributed by atoms with Gasteiger partial charge in [-0.05, 0) is 38.3 Å². The molecule has 0 aromatic heterocycles. The van der Waals surface area contributed by atoms with Crippen LogP contribution in [0.2, 0.25) is 0 Å².